The average molecular weight is 409 g/mol. The van der Waals surface area contributed by atoms with E-state index in [0.29, 0.717) is 13.2 Å². The van der Waals surface area contributed by atoms with Crippen molar-refractivity contribution in [3.63, 3.8) is 0 Å². The van der Waals surface area contributed by atoms with E-state index in [1.807, 2.05) is 0 Å². The minimum Gasteiger partial charge on any atom is -0.370 e. The summed E-state index contributed by atoms with van der Waals surface area (Å²) in [5.41, 5.74) is 0.295. The van der Waals surface area contributed by atoms with Gasteiger partial charge in [-0.3, -0.25) is 14.5 Å². The number of imide groups is 1. The van der Waals surface area contributed by atoms with Gasteiger partial charge in [-0.05, 0) is 43.5 Å². The molecular formula is C21H24F3N2O3+. The summed E-state index contributed by atoms with van der Waals surface area (Å²) in [7, 11) is 0. The smallest absolute Gasteiger partial charge is 0.370 e. The van der Waals surface area contributed by atoms with Crippen LogP contribution in [0.3, 0.4) is 0 Å². The first-order valence-electron chi connectivity index (χ1n) is 10.0. The van der Waals surface area contributed by atoms with Crippen molar-refractivity contribution in [1.82, 2.24) is 0 Å². The van der Waals surface area contributed by atoms with Crippen LogP contribution in [0.1, 0.15) is 31.2 Å². The number of rotatable bonds is 3. The molecule has 8 heteroatoms. The molecule has 0 spiro atoms. The monoisotopic (exact) mass is 409 g/mol. The van der Waals surface area contributed by atoms with E-state index in [1.54, 1.807) is 0 Å². The Bertz CT molecular complexity index is 831. The number of quaternary nitrogens is 1. The third kappa shape index (κ3) is 3.96. The molecule has 0 aromatic heterocycles. The van der Waals surface area contributed by atoms with Gasteiger partial charge < -0.3 is 9.64 Å². The van der Waals surface area contributed by atoms with Crippen LogP contribution >= 0.6 is 0 Å². The predicted octanol–water partition coefficient (Wildman–Crippen LogP) is 2.18. The van der Waals surface area contributed by atoms with Crippen LogP contribution in [0.5, 0.6) is 0 Å². The number of carbonyl (C=O) groups is 2. The van der Waals surface area contributed by atoms with E-state index in [9.17, 15) is 22.8 Å². The van der Waals surface area contributed by atoms with Gasteiger partial charge in [0.25, 0.3) is 0 Å². The summed E-state index contributed by atoms with van der Waals surface area (Å²) in [4.78, 5) is 28.1. The van der Waals surface area contributed by atoms with Gasteiger partial charge in [-0.1, -0.05) is 6.07 Å². The lowest BCUT2D eigenvalue weighted by Gasteiger charge is -2.34. The molecule has 4 rings (SSSR count). The molecule has 2 atom stereocenters. The van der Waals surface area contributed by atoms with Gasteiger partial charge in [0.15, 0.2) is 0 Å². The third-order valence-electron chi connectivity index (χ3n) is 6.09. The van der Waals surface area contributed by atoms with E-state index in [1.165, 1.54) is 17.0 Å². The van der Waals surface area contributed by atoms with Gasteiger partial charge in [0.2, 0.25) is 11.8 Å². The Morgan fingerprint density at radius 1 is 1.10 bits per heavy atom. The molecule has 1 N–H and O–H groups in total. The summed E-state index contributed by atoms with van der Waals surface area (Å²) in [6.07, 6.45) is 0.402. The van der Waals surface area contributed by atoms with E-state index in [2.05, 4.69) is 6.08 Å². The lowest BCUT2D eigenvalue weighted by Crippen LogP contribution is -3.13. The van der Waals surface area contributed by atoms with Crippen LogP contribution < -0.4 is 9.80 Å². The first-order chi connectivity index (χ1) is 13.9. The Kier molecular flexibility index (Phi) is 5.48. The molecule has 1 aliphatic carbocycles. The van der Waals surface area contributed by atoms with E-state index in [0.717, 1.165) is 55.1 Å². The second-order valence-corrected chi connectivity index (χ2v) is 7.84. The Labute approximate surface area is 167 Å². The number of carbonyl (C=O) groups excluding carboxylic acids is 2. The maximum absolute atomic E-state index is 13.2. The third-order valence-corrected chi connectivity index (χ3v) is 6.09. The highest BCUT2D eigenvalue weighted by atomic mass is 19.4. The second-order valence-electron chi connectivity index (χ2n) is 7.84. The molecule has 3 aliphatic rings. The molecule has 0 bridgehead atoms. The number of hydrogen-bond donors (Lipinski definition) is 1. The minimum atomic E-state index is -4.53. The van der Waals surface area contributed by atoms with Crippen LogP contribution in [0.4, 0.5) is 18.9 Å². The lowest BCUT2D eigenvalue weighted by atomic mass is 9.80. The van der Waals surface area contributed by atoms with Crippen molar-refractivity contribution in [3.05, 3.63) is 41.6 Å². The lowest BCUT2D eigenvalue weighted by molar-refractivity contribution is -0.874. The molecule has 1 aromatic rings. The van der Waals surface area contributed by atoms with Crippen LogP contribution in [0.15, 0.2) is 36.0 Å². The quantitative estimate of drug-likeness (QED) is 0.779. The van der Waals surface area contributed by atoms with Crippen LogP contribution in [0, 0.1) is 11.8 Å². The molecule has 156 valence electrons. The van der Waals surface area contributed by atoms with Crippen LogP contribution in [0.2, 0.25) is 0 Å². The fraction of sp³-hybridized carbons (Fsp3) is 0.524. The van der Waals surface area contributed by atoms with Gasteiger partial charge in [-0.25, -0.2) is 0 Å². The van der Waals surface area contributed by atoms with Crippen molar-refractivity contribution in [3.8, 4) is 0 Å². The van der Waals surface area contributed by atoms with Gasteiger partial charge in [0.05, 0.1) is 30.4 Å². The van der Waals surface area contributed by atoms with Crippen molar-refractivity contribution in [1.29, 1.82) is 0 Å². The molecule has 5 nitrogen and oxygen atoms in total. The first kappa shape index (κ1) is 20.1. The summed E-state index contributed by atoms with van der Waals surface area (Å²) in [6.45, 7) is 2.98. The molecule has 0 radical (unpaired) electrons. The molecule has 1 aromatic carbocycles. The Morgan fingerprint density at radius 2 is 1.86 bits per heavy atom. The highest BCUT2D eigenvalue weighted by Gasteiger charge is 2.47. The van der Waals surface area contributed by atoms with Gasteiger partial charge in [-0.15, -0.1) is 0 Å². The Hall–Kier alpha value is -2.19. The predicted molar refractivity (Wildman–Crippen MR) is 99.0 cm³/mol. The van der Waals surface area contributed by atoms with E-state index in [4.69, 9.17) is 4.74 Å². The van der Waals surface area contributed by atoms with Gasteiger partial charge >= 0.3 is 6.18 Å². The van der Waals surface area contributed by atoms with Crippen LogP contribution in [-0.4, -0.2) is 38.1 Å². The summed E-state index contributed by atoms with van der Waals surface area (Å²) in [5, 5.41) is 0. The topological polar surface area (TPSA) is 51.1 Å². The van der Waals surface area contributed by atoms with Crippen molar-refractivity contribution < 1.29 is 32.4 Å². The number of ether oxygens (including phenoxy) is 1. The number of nitrogens with zero attached hydrogens (tertiary/aromatic N) is 1. The van der Waals surface area contributed by atoms with Crippen molar-refractivity contribution in [2.75, 3.05) is 31.2 Å². The minimum absolute atomic E-state index is 0.00242. The van der Waals surface area contributed by atoms with Gasteiger partial charge in [-0.2, -0.15) is 13.2 Å². The van der Waals surface area contributed by atoms with E-state index >= 15 is 0 Å². The number of benzene rings is 1. The molecule has 2 amide bonds. The van der Waals surface area contributed by atoms with Crippen molar-refractivity contribution >= 4 is 17.5 Å². The molecule has 0 unspecified atom stereocenters. The first-order valence-corrected chi connectivity index (χ1v) is 10.0. The summed E-state index contributed by atoms with van der Waals surface area (Å²) in [5.74, 6) is -1.39. The fourth-order valence-electron chi connectivity index (χ4n) is 4.70. The summed E-state index contributed by atoms with van der Waals surface area (Å²) < 4.78 is 44.6. The van der Waals surface area contributed by atoms with E-state index < -0.39 is 23.6 Å². The number of nitrogens with one attached hydrogen (secondary N) is 1. The molecule has 2 saturated heterocycles. The van der Waals surface area contributed by atoms with Crippen LogP contribution in [-0.2, 0) is 20.5 Å². The highest BCUT2D eigenvalue weighted by molar-refractivity contribution is 6.21. The number of hydrogen-bond acceptors (Lipinski definition) is 3. The molecular weight excluding hydrogens is 385 g/mol. The number of morpholine rings is 1. The molecule has 2 heterocycles. The zero-order valence-electron chi connectivity index (χ0n) is 16.0. The zero-order chi connectivity index (χ0) is 20.6. The maximum atomic E-state index is 13.2. The normalized spacial score (nSPS) is 26.7. The number of anilines is 1. The molecule has 2 fully saturated rings. The SMILES string of the molecule is O=C1C[C@@H]([C@H]2CCCC=C2[NH+]2CCOCC2)C(=O)N1c1cccc(C(F)(F)F)c1. The van der Waals surface area contributed by atoms with Crippen LogP contribution in [0.25, 0.3) is 0 Å². The average Bonchev–Trinajstić information content (AvgIpc) is 3.02. The maximum Gasteiger partial charge on any atom is 0.416 e. The Balaban J connectivity index is 1.59. The van der Waals surface area contributed by atoms with Gasteiger partial charge in [0, 0.05) is 12.3 Å². The molecule has 2 aliphatic heterocycles. The highest BCUT2D eigenvalue weighted by Crippen LogP contribution is 2.39. The second kappa shape index (κ2) is 7.91. The number of halogens is 3. The van der Waals surface area contributed by atoms with Gasteiger partial charge in [0.1, 0.15) is 18.8 Å². The zero-order valence-corrected chi connectivity index (χ0v) is 16.0. The molecule has 0 saturated carbocycles. The summed E-state index contributed by atoms with van der Waals surface area (Å²) in [6, 6.07) is 4.44. The number of alkyl halides is 3. The largest absolute Gasteiger partial charge is 0.416 e. The summed E-state index contributed by atoms with van der Waals surface area (Å²) >= 11 is 0. The molecule has 29 heavy (non-hydrogen) atoms. The van der Waals surface area contributed by atoms with Crippen molar-refractivity contribution in [2.24, 2.45) is 11.8 Å². The number of allylic oxidation sites excluding steroid dienone is 2. The number of amides is 2. The Morgan fingerprint density at radius 3 is 2.59 bits per heavy atom. The fourth-order valence-corrected chi connectivity index (χ4v) is 4.70. The van der Waals surface area contributed by atoms with Crippen molar-refractivity contribution in [2.45, 2.75) is 31.9 Å². The standard InChI is InChI=1S/C21H23F3N2O3/c22-21(23,24)14-4-3-5-15(12-14)26-19(27)13-17(20(26)28)16-6-1-2-7-18(16)25-8-10-29-11-9-25/h3-5,7,12,16-17H,1-2,6,8-11,13H2/p+1/t16-,17+/m1/s1. The van der Waals surface area contributed by atoms with E-state index in [-0.39, 0.29) is 23.9 Å².